The van der Waals surface area contributed by atoms with Crippen molar-refractivity contribution in [3.63, 3.8) is 0 Å². The van der Waals surface area contributed by atoms with Gasteiger partial charge in [0, 0.05) is 43.7 Å². The van der Waals surface area contributed by atoms with E-state index in [4.69, 9.17) is 0 Å². The lowest BCUT2D eigenvalue weighted by atomic mass is 9.94. The number of H-pyrrole nitrogens is 1. The Morgan fingerprint density at radius 2 is 1.96 bits per heavy atom. The Kier molecular flexibility index (Phi) is 5.08. The van der Waals surface area contributed by atoms with Crippen molar-refractivity contribution in [1.82, 2.24) is 20.2 Å². The summed E-state index contributed by atoms with van der Waals surface area (Å²) in [6.07, 6.45) is 6.54. The van der Waals surface area contributed by atoms with E-state index in [9.17, 15) is 13.2 Å². The van der Waals surface area contributed by atoms with Crippen LogP contribution in [0.25, 0.3) is 0 Å². The Labute approximate surface area is 147 Å². The minimum Gasteiger partial charge on any atom is -0.348 e. The van der Waals surface area contributed by atoms with Crippen LogP contribution in [-0.2, 0) is 16.4 Å². The summed E-state index contributed by atoms with van der Waals surface area (Å²) < 4.78 is 22.9. The van der Waals surface area contributed by atoms with Gasteiger partial charge in [-0.05, 0) is 30.5 Å². The first kappa shape index (κ1) is 17.5. The highest BCUT2D eigenvalue weighted by Crippen LogP contribution is 2.26. The highest BCUT2D eigenvalue weighted by molar-refractivity contribution is 7.90. The smallest absolute Gasteiger partial charge is 0.317 e. The Morgan fingerprint density at radius 1 is 1.28 bits per heavy atom. The summed E-state index contributed by atoms with van der Waals surface area (Å²) in [5.74, 6) is 0.426. The van der Waals surface area contributed by atoms with Gasteiger partial charge in [0.25, 0.3) is 0 Å². The maximum Gasteiger partial charge on any atom is 0.317 e. The average molecular weight is 362 g/mol. The first-order valence-corrected chi connectivity index (χ1v) is 10.1. The monoisotopic (exact) mass is 362 g/mol. The lowest BCUT2D eigenvalue weighted by Crippen LogP contribution is -2.43. The molecule has 1 aliphatic rings. The molecule has 7 nitrogen and oxygen atoms in total. The summed E-state index contributed by atoms with van der Waals surface area (Å²) in [5, 5.41) is 2.89. The van der Waals surface area contributed by atoms with E-state index >= 15 is 0 Å². The molecule has 2 N–H and O–H groups in total. The van der Waals surface area contributed by atoms with Crippen LogP contribution in [0.2, 0.25) is 0 Å². The molecule has 1 fully saturated rings. The zero-order chi connectivity index (χ0) is 17.9. The molecule has 1 aliphatic heterocycles. The van der Waals surface area contributed by atoms with Gasteiger partial charge in [0.1, 0.15) is 0 Å². The molecular weight excluding hydrogens is 340 g/mol. The molecule has 8 heteroatoms. The molecule has 25 heavy (non-hydrogen) atoms. The first-order chi connectivity index (χ1) is 11.9. The van der Waals surface area contributed by atoms with Crippen molar-refractivity contribution in [2.75, 3.05) is 19.3 Å². The van der Waals surface area contributed by atoms with E-state index in [-0.39, 0.29) is 10.9 Å². The standard InChI is InChI=1S/C17H22N4O3S/c1-25(23,24)15-4-2-13(3-5-15)10-19-17(22)21-8-6-14(7-9-21)16-11-18-12-20-16/h2-5,11-12,14H,6-10H2,1H3,(H,18,20)(H,19,22). The summed E-state index contributed by atoms with van der Waals surface area (Å²) in [5.41, 5.74) is 2.00. The van der Waals surface area contributed by atoms with Gasteiger partial charge in [0.2, 0.25) is 0 Å². The molecule has 2 heterocycles. The summed E-state index contributed by atoms with van der Waals surface area (Å²) in [4.78, 5) is 21.6. The number of rotatable bonds is 4. The predicted octanol–water partition coefficient (Wildman–Crippen LogP) is 1.90. The molecule has 0 aliphatic carbocycles. The van der Waals surface area contributed by atoms with Crippen molar-refractivity contribution in [3.8, 4) is 0 Å². The highest BCUT2D eigenvalue weighted by Gasteiger charge is 2.24. The van der Waals surface area contributed by atoms with Gasteiger partial charge in [-0.3, -0.25) is 0 Å². The normalized spacial score (nSPS) is 16.0. The highest BCUT2D eigenvalue weighted by atomic mass is 32.2. The second-order valence-corrected chi connectivity index (χ2v) is 8.36. The van der Waals surface area contributed by atoms with Crippen LogP contribution in [0.15, 0.2) is 41.7 Å². The third-order valence-electron chi connectivity index (χ3n) is 4.54. The molecule has 2 amide bonds. The zero-order valence-corrected chi connectivity index (χ0v) is 14.9. The SMILES string of the molecule is CS(=O)(=O)c1ccc(CNC(=O)N2CCC(c3cnc[nH]3)CC2)cc1. The van der Waals surface area contributed by atoms with Gasteiger partial charge in [-0.25, -0.2) is 18.2 Å². The zero-order valence-electron chi connectivity index (χ0n) is 14.1. The molecule has 0 spiro atoms. The van der Waals surface area contributed by atoms with Crippen molar-refractivity contribution in [2.24, 2.45) is 0 Å². The van der Waals surface area contributed by atoms with Crippen LogP contribution < -0.4 is 5.32 Å². The molecule has 0 unspecified atom stereocenters. The van der Waals surface area contributed by atoms with Crippen LogP contribution in [0.1, 0.15) is 30.0 Å². The van der Waals surface area contributed by atoms with Crippen molar-refractivity contribution in [1.29, 1.82) is 0 Å². The minimum atomic E-state index is -3.19. The molecule has 1 saturated heterocycles. The van der Waals surface area contributed by atoms with Crippen molar-refractivity contribution in [3.05, 3.63) is 48.0 Å². The third-order valence-corrected chi connectivity index (χ3v) is 5.67. The van der Waals surface area contributed by atoms with Gasteiger partial charge in [-0.2, -0.15) is 0 Å². The number of likely N-dealkylation sites (tertiary alicyclic amines) is 1. The summed E-state index contributed by atoms with van der Waals surface area (Å²) in [6, 6.07) is 6.48. The number of amides is 2. The van der Waals surface area contributed by atoms with Crippen LogP contribution in [0, 0.1) is 0 Å². The fourth-order valence-electron chi connectivity index (χ4n) is 3.03. The maximum absolute atomic E-state index is 12.3. The number of sulfone groups is 1. The van der Waals surface area contributed by atoms with Crippen molar-refractivity contribution >= 4 is 15.9 Å². The third kappa shape index (κ3) is 4.39. The van der Waals surface area contributed by atoms with E-state index in [1.807, 2.05) is 11.1 Å². The number of nitrogens with zero attached hydrogens (tertiary/aromatic N) is 2. The molecule has 134 valence electrons. The van der Waals surface area contributed by atoms with E-state index in [2.05, 4.69) is 15.3 Å². The molecule has 2 aromatic rings. The predicted molar refractivity (Wildman–Crippen MR) is 93.9 cm³/mol. The fraction of sp³-hybridized carbons (Fsp3) is 0.412. The van der Waals surface area contributed by atoms with Crippen molar-refractivity contribution < 1.29 is 13.2 Å². The number of nitrogens with one attached hydrogen (secondary N) is 2. The molecule has 1 aromatic heterocycles. The minimum absolute atomic E-state index is 0.0877. The van der Waals surface area contributed by atoms with Gasteiger partial charge in [0.05, 0.1) is 11.2 Å². The summed E-state index contributed by atoms with van der Waals surface area (Å²) >= 11 is 0. The number of carbonyl (C=O) groups is 1. The van der Waals surface area contributed by atoms with Gasteiger partial charge in [0.15, 0.2) is 9.84 Å². The van der Waals surface area contributed by atoms with E-state index in [0.29, 0.717) is 25.6 Å². The first-order valence-electron chi connectivity index (χ1n) is 8.23. The lowest BCUT2D eigenvalue weighted by Gasteiger charge is -2.31. The number of benzene rings is 1. The van der Waals surface area contributed by atoms with Gasteiger partial charge < -0.3 is 15.2 Å². The second-order valence-electron chi connectivity index (χ2n) is 6.34. The average Bonchev–Trinajstić information content (AvgIpc) is 3.14. The summed E-state index contributed by atoms with van der Waals surface area (Å²) in [7, 11) is -3.19. The molecule has 0 atom stereocenters. The molecule has 3 rings (SSSR count). The van der Waals surface area contributed by atoms with E-state index < -0.39 is 9.84 Å². The van der Waals surface area contributed by atoms with Crippen LogP contribution in [0.3, 0.4) is 0 Å². The lowest BCUT2D eigenvalue weighted by molar-refractivity contribution is 0.180. The van der Waals surface area contributed by atoms with Gasteiger partial charge in [-0.15, -0.1) is 0 Å². The Hall–Kier alpha value is -2.35. The van der Waals surface area contributed by atoms with Gasteiger partial charge >= 0.3 is 6.03 Å². The number of carbonyl (C=O) groups excluding carboxylic acids is 1. The number of aromatic nitrogens is 2. The largest absolute Gasteiger partial charge is 0.348 e. The second kappa shape index (κ2) is 7.26. The van der Waals surface area contributed by atoms with Crippen molar-refractivity contribution in [2.45, 2.75) is 30.2 Å². The maximum atomic E-state index is 12.3. The fourth-order valence-corrected chi connectivity index (χ4v) is 3.66. The summed E-state index contributed by atoms with van der Waals surface area (Å²) in [6.45, 7) is 1.80. The van der Waals surface area contributed by atoms with Crippen LogP contribution in [-0.4, -0.2) is 48.7 Å². The van der Waals surface area contributed by atoms with Crippen LogP contribution >= 0.6 is 0 Å². The van der Waals surface area contributed by atoms with Gasteiger partial charge in [-0.1, -0.05) is 12.1 Å². The van der Waals surface area contributed by atoms with E-state index in [0.717, 1.165) is 24.1 Å². The molecule has 0 saturated carbocycles. The number of hydrogen-bond donors (Lipinski definition) is 2. The van der Waals surface area contributed by atoms with E-state index in [1.165, 1.54) is 6.26 Å². The molecule has 0 bridgehead atoms. The molecule has 1 aromatic carbocycles. The quantitative estimate of drug-likeness (QED) is 0.868. The number of urea groups is 1. The van der Waals surface area contributed by atoms with Crippen LogP contribution in [0.4, 0.5) is 4.79 Å². The van der Waals surface area contributed by atoms with E-state index in [1.54, 1.807) is 30.6 Å². The number of piperidine rings is 1. The van der Waals surface area contributed by atoms with Crippen LogP contribution in [0.5, 0.6) is 0 Å². The number of aromatic amines is 1. The molecular formula is C17H22N4O3S. The topological polar surface area (TPSA) is 95.2 Å². The Morgan fingerprint density at radius 3 is 2.52 bits per heavy atom. The number of hydrogen-bond acceptors (Lipinski definition) is 4. The number of imidazole rings is 1. The Balaban J connectivity index is 1.48. The Bertz CT molecular complexity index is 808. The molecule has 0 radical (unpaired) electrons.